The second-order valence-corrected chi connectivity index (χ2v) is 4.15. The fraction of sp³-hybridized carbons (Fsp3) is 0.286. The van der Waals surface area contributed by atoms with Crippen molar-refractivity contribution >= 4 is 17.6 Å². The minimum absolute atomic E-state index is 0.0967. The summed E-state index contributed by atoms with van der Waals surface area (Å²) >= 11 is 0. The van der Waals surface area contributed by atoms with Gasteiger partial charge in [0.25, 0.3) is 11.6 Å². The number of ether oxygens (including phenoxy) is 3. The maximum Gasteiger partial charge on any atom is 0.345 e. The summed E-state index contributed by atoms with van der Waals surface area (Å²) in [5, 5.41) is 13.5. The van der Waals surface area contributed by atoms with Crippen LogP contribution in [0.1, 0.15) is 10.4 Å². The zero-order valence-corrected chi connectivity index (χ0v) is 12.7. The van der Waals surface area contributed by atoms with E-state index >= 15 is 0 Å². The third-order valence-electron chi connectivity index (χ3n) is 2.70. The molecule has 0 bridgehead atoms. The van der Waals surface area contributed by atoms with Crippen LogP contribution in [-0.4, -0.2) is 44.2 Å². The lowest BCUT2D eigenvalue weighted by Gasteiger charge is -2.10. The monoisotopic (exact) mass is 324 g/mol. The van der Waals surface area contributed by atoms with E-state index in [2.05, 4.69) is 11.9 Å². The van der Waals surface area contributed by atoms with Gasteiger partial charge in [-0.3, -0.25) is 14.9 Å². The maximum atomic E-state index is 12.0. The van der Waals surface area contributed by atoms with Crippen LogP contribution in [0, 0.1) is 10.1 Å². The Kier molecular flexibility index (Phi) is 6.53. The number of nitro benzene ring substituents is 1. The Labute approximate surface area is 132 Å². The molecule has 0 saturated carbocycles. The van der Waals surface area contributed by atoms with Gasteiger partial charge in [-0.25, -0.2) is 4.79 Å². The number of carbonyl (C=O) groups is 2. The minimum atomic E-state index is -1.02. The first-order valence-electron chi connectivity index (χ1n) is 6.39. The lowest BCUT2D eigenvalue weighted by molar-refractivity contribution is -0.385. The molecule has 1 rings (SSSR count). The van der Waals surface area contributed by atoms with Gasteiger partial charge in [-0.2, -0.15) is 0 Å². The quantitative estimate of drug-likeness (QED) is 0.329. The fourth-order valence-electron chi connectivity index (χ4n) is 1.63. The molecule has 0 spiro atoms. The SMILES string of the molecule is C=CCNC(=O)COC(=O)c1cc(OC)c(OC)cc1[N+](=O)[O-]. The van der Waals surface area contributed by atoms with Crippen LogP contribution in [0.15, 0.2) is 24.8 Å². The highest BCUT2D eigenvalue weighted by Gasteiger charge is 2.26. The molecule has 0 fully saturated rings. The first-order valence-corrected chi connectivity index (χ1v) is 6.39. The van der Waals surface area contributed by atoms with E-state index in [1.165, 1.54) is 20.3 Å². The predicted molar refractivity (Wildman–Crippen MR) is 79.7 cm³/mol. The van der Waals surface area contributed by atoms with Gasteiger partial charge in [-0.15, -0.1) is 6.58 Å². The second-order valence-electron chi connectivity index (χ2n) is 4.15. The van der Waals surface area contributed by atoms with Crippen molar-refractivity contribution in [2.75, 3.05) is 27.4 Å². The number of nitrogens with one attached hydrogen (secondary N) is 1. The van der Waals surface area contributed by atoms with Gasteiger partial charge in [0.05, 0.1) is 25.2 Å². The Morgan fingerprint density at radius 3 is 2.43 bits per heavy atom. The number of carbonyl (C=O) groups excluding carboxylic acids is 2. The van der Waals surface area contributed by atoms with Crippen LogP contribution < -0.4 is 14.8 Å². The van der Waals surface area contributed by atoms with Gasteiger partial charge < -0.3 is 19.5 Å². The van der Waals surface area contributed by atoms with Crippen LogP contribution in [-0.2, 0) is 9.53 Å². The topological polar surface area (TPSA) is 117 Å². The molecule has 0 saturated heterocycles. The molecule has 0 aliphatic carbocycles. The molecule has 0 aliphatic heterocycles. The van der Waals surface area contributed by atoms with Crippen LogP contribution in [0.5, 0.6) is 11.5 Å². The normalized spacial score (nSPS) is 9.65. The highest BCUT2D eigenvalue weighted by atomic mass is 16.6. The lowest BCUT2D eigenvalue weighted by Crippen LogP contribution is -2.28. The van der Waals surface area contributed by atoms with Gasteiger partial charge in [0.1, 0.15) is 5.56 Å². The number of esters is 1. The van der Waals surface area contributed by atoms with E-state index in [9.17, 15) is 19.7 Å². The average Bonchev–Trinajstić information content (AvgIpc) is 2.56. The number of nitrogens with zero attached hydrogens (tertiary/aromatic N) is 1. The molecular weight excluding hydrogens is 308 g/mol. The molecule has 0 heterocycles. The summed E-state index contributed by atoms with van der Waals surface area (Å²) in [6.45, 7) is 3.06. The van der Waals surface area contributed by atoms with Gasteiger partial charge >= 0.3 is 5.97 Å². The first kappa shape index (κ1) is 18.0. The fourth-order valence-corrected chi connectivity index (χ4v) is 1.63. The Balaban J connectivity index is 3.00. The lowest BCUT2D eigenvalue weighted by atomic mass is 10.1. The van der Waals surface area contributed by atoms with E-state index in [0.717, 1.165) is 12.1 Å². The second kappa shape index (κ2) is 8.37. The molecule has 124 valence electrons. The largest absolute Gasteiger partial charge is 0.493 e. The van der Waals surface area contributed by atoms with Crippen molar-refractivity contribution in [1.29, 1.82) is 0 Å². The predicted octanol–water partition coefficient (Wildman–Crippen LogP) is 1.07. The number of benzene rings is 1. The maximum absolute atomic E-state index is 12.0. The number of methoxy groups -OCH3 is 2. The summed E-state index contributed by atoms with van der Waals surface area (Å²) in [4.78, 5) is 33.7. The van der Waals surface area contributed by atoms with Crippen LogP contribution in [0.4, 0.5) is 5.69 Å². The van der Waals surface area contributed by atoms with Crippen molar-refractivity contribution in [3.8, 4) is 11.5 Å². The van der Waals surface area contributed by atoms with E-state index in [1.807, 2.05) is 0 Å². The zero-order chi connectivity index (χ0) is 17.4. The third-order valence-corrected chi connectivity index (χ3v) is 2.70. The van der Waals surface area contributed by atoms with Crippen LogP contribution in [0.3, 0.4) is 0 Å². The van der Waals surface area contributed by atoms with Crippen LogP contribution in [0.2, 0.25) is 0 Å². The summed E-state index contributed by atoms with van der Waals surface area (Å²) in [5.74, 6) is -1.35. The molecule has 0 aromatic heterocycles. The molecule has 0 radical (unpaired) electrons. The van der Waals surface area contributed by atoms with Crippen molar-refractivity contribution in [3.05, 3.63) is 40.5 Å². The van der Waals surface area contributed by atoms with Crippen molar-refractivity contribution in [3.63, 3.8) is 0 Å². The van der Waals surface area contributed by atoms with E-state index in [0.29, 0.717) is 0 Å². The Bertz CT molecular complexity index is 628. The van der Waals surface area contributed by atoms with E-state index < -0.39 is 29.1 Å². The highest BCUT2D eigenvalue weighted by molar-refractivity contribution is 5.96. The van der Waals surface area contributed by atoms with Crippen LogP contribution in [0.25, 0.3) is 0 Å². The molecular formula is C14H16N2O7. The molecule has 1 amide bonds. The summed E-state index contributed by atoms with van der Waals surface area (Å²) in [6.07, 6.45) is 1.46. The van der Waals surface area contributed by atoms with E-state index in [4.69, 9.17) is 14.2 Å². The number of amides is 1. The molecule has 0 unspecified atom stereocenters. The third kappa shape index (κ3) is 4.70. The first-order chi connectivity index (χ1) is 10.9. The number of rotatable bonds is 8. The van der Waals surface area contributed by atoms with Gasteiger partial charge in [-0.1, -0.05) is 6.08 Å². The minimum Gasteiger partial charge on any atom is -0.493 e. The number of hydrogen-bond acceptors (Lipinski definition) is 7. The Morgan fingerprint density at radius 2 is 1.91 bits per heavy atom. The molecule has 0 atom stereocenters. The molecule has 0 aliphatic rings. The molecule has 1 aromatic carbocycles. The summed E-state index contributed by atoms with van der Waals surface area (Å²) < 4.78 is 14.7. The van der Waals surface area contributed by atoms with Gasteiger partial charge in [-0.05, 0) is 0 Å². The molecule has 1 aromatic rings. The van der Waals surface area contributed by atoms with Crippen molar-refractivity contribution < 1.29 is 28.7 Å². The van der Waals surface area contributed by atoms with Gasteiger partial charge in [0, 0.05) is 12.6 Å². The smallest absolute Gasteiger partial charge is 0.345 e. The van der Waals surface area contributed by atoms with Crippen molar-refractivity contribution in [2.24, 2.45) is 0 Å². The molecule has 23 heavy (non-hydrogen) atoms. The van der Waals surface area contributed by atoms with E-state index in [1.54, 1.807) is 0 Å². The summed E-state index contributed by atoms with van der Waals surface area (Å²) in [6, 6.07) is 2.17. The van der Waals surface area contributed by atoms with Gasteiger partial charge in [0.15, 0.2) is 18.1 Å². The van der Waals surface area contributed by atoms with Crippen molar-refractivity contribution in [2.45, 2.75) is 0 Å². The number of nitro groups is 1. The Hall–Kier alpha value is -3.10. The number of hydrogen-bond donors (Lipinski definition) is 1. The van der Waals surface area contributed by atoms with Crippen LogP contribution >= 0.6 is 0 Å². The highest BCUT2D eigenvalue weighted by Crippen LogP contribution is 2.34. The average molecular weight is 324 g/mol. The van der Waals surface area contributed by atoms with Crippen molar-refractivity contribution in [1.82, 2.24) is 5.32 Å². The molecule has 1 N–H and O–H groups in total. The molecule has 9 nitrogen and oxygen atoms in total. The van der Waals surface area contributed by atoms with Gasteiger partial charge in [0.2, 0.25) is 0 Å². The summed E-state index contributed by atoms with van der Waals surface area (Å²) in [7, 11) is 2.63. The standard InChI is InChI=1S/C14H16N2O7/c1-4-5-15-13(17)8-23-14(18)9-6-11(21-2)12(22-3)7-10(9)16(19)20/h4,6-7H,1,5,8H2,2-3H3,(H,15,17). The Morgan fingerprint density at radius 1 is 1.30 bits per heavy atom. The van der Waals surface area contributed by atoms with E-state index in [-0.39, 0.29) is 23.6 Å². The molecule has 9 heteroatoms. The summed E-state index contributed by atoms with van der Waals surface area (Å²) in [5.41, 5.74) is -0.858. The zero-order valence-electron chi connectivity index (χ0n) is 12.7.